The Morgan fingerprint density at radius 2 is 2.19 bits per heavy atom. The van der Waals surface area contributed by atoms with Crippen LogP contribution in [-0.2, 0) is 4.79 Å². The van der Waals surface area contributed by atoms with Gasteiger partial charge in [0.2, 0.25) is 5.91 Å². The number of nitrogens with zero attached hydrogens (tertiary/aromatic N) is 1. The monoisotopic (exact) mass is 304 g/mol. The van der Waals surface area contributed by atoms with Crippen molar-refractivity contribution < 1.29 is 9.90 Å². The second-order valence-corrected chi connectivity index (χ2v) is 5.92. The number of nitrogens with one attached hydrogen (secondary N) is 1. The summed E-state index contributed by atoms with van der Waals surface area (Å²) in [6.45, 7) is 4.07. The highest BCUT2D eigenvalue weighted by molar-refractivity contribution is 7.14. The molecule has 0 atom stereocenters. The number of unbranched alkanes of at least 4 members (excludes halogenated alkanes) is 2. The summed E-state index contributed by atoms with van der Waals surface area (Å²) in [6, 6.07) is 5.39. The fourth-order valence-corrected chi connectivity index (χ4v) is 2.75. The first-order valence-corrected chi connectivity index (χ1v) is 8.03. The first-order chi connectivity index (χ1) is 10.1. The fraction of sp³-hybridized carbons (Fsp3) is 0.375. The third-order valence-corrected chi connectivity index (χ3v) is 3.94. The summed E-state index contributed by atoms with van der Waals surface area (Å²) in [7, 11) is 0. The van der Waals surface area contributed by atoms with Gasteiger partial charge in [0.1, 0.15) is 5.75 Å². The molecule has 5 heteroatoms. The molecule has 2 rings (SSSR count). The summed E-state index contributed by atoms with van der Waals surface area (Å²) in [5, 5.41) is 15.1. The van der Waals surface area contributed by atoms with Crippen LogP contribution in [0.1, 0.15) is 38.2 Å². The predicted octanol–water partition coefficient (Wildman–Crippen LogP) is 4.34. The maximum absolute atomic E-state index is 11.8. The number of amides is 1. The molecular formula is C16H20N2O2S. The molecule has 1 aromatic carbocycles. The first kappa shape index (κ1) is 15.5. The zero-order chi connectivity index (χ0) is 15.2. The Bertz CT molecular complexity index is 622. The fourth-order valence-electron chi connectivity index (χ4n) is 2.03. The van der Waals surface area contributed by atoms with Gasteiger partial charge < -0.3 is 10.4 Å². The van der Waals surface area contributed by atoms with Crippen molar-refractivity contribution >= 4 is 22.4 Å². The lowest BCUT2D eigenvalue weighted by Gasteiger charge is -2.03. The van der Waals surface area contributed by atoms with Crippen molar-refractivity contribution in [2.45, 2.75) is 39.5 Å². The van der Waals surface area contributed by atoms with Gasteiger partial charge in [-0.15, -0.1) is 11.3 Å². The van der Waals surface area contributed by atoms with Crippen LogP contribution in [0.4, 0.5) is 5.13 Å². The van der Waals surface area contributed by atoms with E-state index in [0.717, 1.165) is 24.8 Å². The normalized spacial score (nSPS) is 10.6. The van der Waals surface area contributed by atoms with Crippen molar-refractivity contribution in [2.75, 3.05) is 5.32 Å². The standard InChI is InChI=1S/C16H20N2O2S/c1-3-4-5-6-15(20)18-16-17-13(10-21-16)12-9-11(2)7-8-14(12)19/h7-10,19H,3-6H2,1-2H3,(H,17,18,20). The number of carbonyl (C=O) groups excluding carboxylic acids is 1. The van der Waals surface area contributed by atoms with Crippen molar-refractivity contribution in [3.63, 3.8) is 0 Å². The van der Waals surface area contributed by atoms with E-state index in [4.69, 9.17) is 0 Å². The van der Waals surface area contributed by atoms with Crippen LogP contribution < -0.4 is 5.32 Å². The molecule has 0 aliphatic rings. The summed E-state index contributed by atoms with van der Waals surface area (Å²) in [4.78, 5) is 16.1. The van der Waals surface area contributed by atoms with E-state index in [1.807, 2.05) is 24.4 Å². The Hall–Kier alpha value is -1.88. The molecule has 4 nitrogen and oxygen atoms in total. The first-order valence-electron chi connectivity index (χ1n) is 7.15. The lowest BCUT2D eigenvalue weighted by Crippen LogP contribution is -2.10. The van der Waals surface area contributed by atoms with Gasteiger partial charge in [-0.25, -0.2) is 4.98 Å². The van der Waals surface area contributed by atoms with Gasteiger partial charge in [-0.2, -0.15) is 0 Å². The van der Waals surface area contributed by atoms with Crippen LogP contribution in [0.25, 0.3) is 11.3 Å². The number of hydrogen-bond acceptors (Lipinski definition) is 4. The van der Waals surface area contributed by atoms with Crippen LogP contribution in [-0.4, -0.2) is 16.0 Å². The highest BCUT2D eigenvalue weighted by atomic mass is 32.1. The van der Waals surface area contributed by atoms with Gasteiger partial charge >= 0.3 is 0 Å². The quantitative estimate of drug-likeness (QED) is 0.780. The van der Waals surface area contributed by atoms with Crippen molar-refractivity contribution in [1.82, 2.24) is 4.98 Å². The maximum Gasteiger partial charge on any atom is 0.226 e. The molecular weight excluding hydrogens is 284 g/mol. The third kappa shape index (κ3) is 4.29. The summed E-state index contributed by atoms with van der Waals surface area (Å²) >= 11 is 1.37. The zero-order valence-corrected chi connectivity index (χ0v) is 13.2. The van der Waals surface area contributed by atoms with Crippen LogP contribution >= 0.6 is 11.3 Å². The van der Waals surface area contributed by atoms with Crippen LogP contribution in [0.3, 0.4) is 0 Å². The number of hydrogen-bond donors (Lipinski definition) is 2. The zero-order valence-electron chi connectivity index (χ0n) is 12.3. The summed E-state index contributed by atoms with van der Waals surface area (Å²) in [5.74, 6) is 0.199. The van der Waals surface area contributed by atoms with Crippen molar-refractivity contribution in [3.05, 3.63) is 29.1 Å². The second-order valence-electron chi connectivity index (χ2n) is 5.06. The Morgan fingerprint density at radius 3 is 2.95 bits per heavy atom. The number of aromatic nitrogens is 1. The van der Waals surface area contributed by atoms with E-state index in [0.29, 0.717) is 22.8 Å². The number of thiazole rings is 1. The Kier molecular flexibility index (Phi) is 5.33. The van der Waals surface area contributed by atoms with Gasteiger partial charge in [0.05, 0.1) is 5.69 Å². The maximum atomic E-state index is 11.8. The molecule has 2 N–H and O–H groups in total. The molecule has 0 unspecified atom stereocenters. The van der Waals surface area contributed by atoms with Gasteiger partial charge in [0, 0.05) is 17.4 Å². The van der Waals surface area contributed by atoms with Crippen molar-refractivity contribution in [1.29, 1.82) is 0 Å². The van der Waals surface area contributed by atoms with Crippen LogP contribution in [0.2, 0.25) is 0 Å². The highest BCUT2D eigenvalue weighted by Gasteiger charge is 2.11. The van der Waals surface area contributed by atoms with Gasteiger partial charge in [0.25, 0.3) is 0 Å². The largest absolute Gasteiger partial charge is 0.507 e. The van der Waals surface area contributed by atoms with E-state index >= 15 is 0 Å². The number of aromatic hydroxyl groups is 1. The van der Waals surface area contributed by atoms with E-state index in [1.165, 1.54) is 11.3 Å². The van der Waals surface area contributed by atoms with Crippen LogP contribution in [0.15, 0.2) is 23.6 Å². The topological polar surface area (TPSA) is 62.2 Å². The minimum Gasteiger partial charge on any atom is -0.507 e. The predicted molar refractivity (Wildman–Crippen MR) is 86.7 cm³/mol. The van der Waals surface area contributed by atoms with E-state index in [-0.39, 0.29) is 11.7 Å². The molecule has 1 heterocycles. The lowest BCUT2D eigenvalue weighted by atomic mass is 10.1. The molecule has 0 bridgehead atoms. The SMILES string of the molecule is CCCCCC(=O)Nc1nc(-c2cc(C)ccc2O)cs1. The van der Waals surface area contributed by atoms with Gasteiger partial charge in [-0.1, -0.05) is 31.4 Å². The Labute approximate surface area is 128 Å². The minimum absolute atomic E-state index is 0.00202. The highest BCUT2D eigenvalue weighted by Crippen LogP contribution is 2.32. The molecule has 1 amide bonds. The van der Waals surface area contributed by atoms with Gasteiger partial charge in [-0.05, 0) is 25.5 Å². The number of aryl methyl sites for hydroxylation is 1. The number of phenols is 1. The Morgan fingerprint density at radius 1 is 1.38 bits per heavy atom. The van der Waals surface area contributed by atoms with E-state index < -0.39 is 0 Å². The molecule has 0 saturated heterocycles. The summed E-state index contributed by atoms with van der Waals surface area (Å²) < 4.78 is 0. The van der Waals surface area contributed by atoms with Crippen molar-refractivity contribution in [2.24, 2.45) is 0 Å². The number of phenolic OH excluding ortho intramolecular Hbond substituents is 1. The molecule has 2 aromatic rings. The second kappa shape index (κ2) is 7.22. The number of rotatable bonds is 6. The average molecular weight is 304 g/mol. The summed E-state index contributed by atoms with van der Waals surface area (Å²) in [6.07, 6.45) is 3.59. The minimum atomic E-state index is -0.00202. The molecule has 0 aliphatic heterocycles. The van der Waals surface area contributed by atoms with Gasteiger partial charge in [-0.3, -0.25) is 4.79 Å². The molecule has 0 aliphatic carbocycles. The van der Waals surface area contributed by atoms with Gasteiger partial charge in [0.15, 0.2) is 5.13 Å². The molecule has 21 heavy (non-hydrogen) atoms. The molecule has 0 radical (unpaired) electrons. The average Bonchev–Trinajstić information content (AvgIpc) is 2.90. The van der Waals surface area contributed by atoms with E-state index in [1.54, 1.807) is 6.07 Å². The smallest absolute Gasteiger partial charge is 0.226 e. The molecule has 1 aromatic heterocycles. The van der Waals surface area contributed by atoms with Crippen LogP contribution in [0.5, 0.6) is 5.75 Å². The number of benzene rings is 1. The Balaban J connectivity index is 2.04. The number of carbonyl (C=O) groups is 1. The van der Waals surface area contributed by atoms with E-state index in [9.17, 15) is 9.90 Å². The summed E-state index contributed by atoms with van der Waals surface area (Å²) in [5.41, 5.74) is 2.43. The molecule has 0 fully saturated rings. The van der Waals surface area contributed by atoms with Crippen molar-refractivity contribution in [3.8, 4) is 17.0 Å². The molecule has 0 saturated carbocycles. The lowest BCUT2D eigenvalue weighted by molar-refractivity contribution is -0.116. The third-order valence-electron chi connectivity index (χ3n) is 3.19. The molecule has 0 spiro atoms. The van der Waals surface area contributed by atoms with E-state index in [2.05, 4.69) is 17.2 Å². The number of anilines is 1. The van der Waals surface area contributed by atoms with Crippen LogP contribution in [0, 0.1) is 6.92 Å². The molecule has 112 valence electrons.